The maximum Gasteiger partial charge on any atom is 0.225 e. The Morgan fingerprint density at radius 2 is 1.74 bits per heavy atom. The number of hydrogen-bond acceptors (Lipinski definition) is 3. The Morgan fingerprint density at radius 1 is 1.07 bits per heavy atom. The monoisotopic (exact) mass is 364 g/mol. The lowest BCUT2D eigenvalue weighted by Gasteiger charge is -2.24. The largest absolute Gasteiger partial charge is 0.497 e. The van der Waals surface area contributed by atoms with Gasteiger partial charge in [0.05, 0.1) is 19.6 Å². The molecule has 1 N–H and O–H groups in total. The molecule has 2 aromatic carbocycles. The molecule has 5 nitrogen and oxygen atoms in total. The number of amides is 2. The van der Waals surface area contributed by atoms with Crippen molar-refractivity contribution in [2.75, 3.05) is 13.7 Å². The van der Waals surface area contributed by atoms with Gasteiger partial charge in [-0.25, -0.2) is 0 Å². The lowest BCUT2D eigenvalue weighted by Crippen LogP contribution is -2.41. The highest BCUT2D eigenvalue weighted by molar-refractivity contribution is 5.83. The van der Waals surface area contributed by atoms with Crippen LogP contribution < -0.4 is 10.1 Å². The molecule has 0 bridgehead atoms. The number of benzene rings is 2. The van der Waals surface area contributed by atoms with Gasteiger partial charge in [0.25, 0.3) is 0 Å². The maximum absolute atomic E-state index is 12.5. The molecule has 1 heterocycles. The van der Waals surface area contributed by atoms with E-state index in [0.717, 1.165) is 24.2 Å². The third-order valence-corrected chi connectivity index (χ3v) is 5.52. The van der Waals surface area contributed by atoms with Crippen LogP contribution in [0.15, 0.2) is 48.5 Å². The van der Waals surface area contributed by atoms with E-state index in [4.69, 9.17) is 4.74 Å². The second kappa shape index (κ2) is 7.43. The Bertz CT molecular complexity index is 822. The van der Waals surface area contributed by atoms with Gasteiger partial charge in [-0.15, -0.1) is 0 Å². The molecule has 0 radical (unpaired) electrons. The Kier molecular flexibility index (Phi) is 4.84. The van der Waals surface area contributed by atoms with Crippen LogP contribution in [0.5, 0.6) is 5.75 Å². The van der Waals surface area contributed by atoms with Crippen molar-refractivity contribution in [2.45, 2.75) is 37.8 Å². The molecular weight excluding hydrogens is 340 g/mol. The Hall–Kier alpha value is -2.82. The first-order valence-electron chi connectivity index (χ1n) is 9.41. The summed E-state index contributed by atoms with van der Waals surface area (Å²) < 4.78 is 5.13. The van der Waals surface area contributed by atoms with Crippen molar-refractivity contribution in [2.24, 2.45) is 0 Å². The van der Waals surface area contributed by atoms with Crippen LogP contribution in [0.25, 0.3) is 0 Å². The molecule has 5 heteroatoms. The summed E-state index contributed by atoms with van der Waals surface area (Å²) in [6.45, 7) is 0.603. The smallest absolute Gasteiger partial charge is 0.225 e. The SMILES string of the molecule is COc1ccc(CC(=O)N[C@@H]2CC(=O)N(C3Cc4ccccc4C3)C2)cc1. The maximum atomic E-state index is 12.5. The van der Waals surface area contributed by atoms with Gasteiger partial charge in [0.1, 0.15) is 5.75 Å². The van der Waals surface area contributed by atoms with Crippen LogP contribution in [-0.2, 0) is 28.9 Å². The lowest BCUT2D eigenvalue weighted by atomic mass is 10.1. The van der Waals surface area contributed by atoms with Crippen molar-refractivity contribution in [1.29, 1.82) is 0 Å². The molecule has 2 aliphatic rings. The van der Waals surface area contributed by atoms with Crippen LogP contribution in [-0.4, -0.2) is 42.5 Å². The van der Waals surface area contributed by atoms with Gasteiger partial charge in [0, 0.05) is 19.0 Å². The van der Waals surface area contributed by atoms with E-state index in [0.29, 0.717) is 19.4 Å². The van der Waals surface area contributed by atoms with E-state index in [1.807, 2.05) is 29.2 Å². The third kappa shape index (κ3) is 3.82. The third-order valence-electron chi connectivity index (χ3n) is 5.52. The van der Waals surface area contributed by atoms with E-state index in [1.165, 1.54) is 11.1 Å². The van der Waals surface area contributed by atoms with Crippen LogP contribution in [0.2, 0.25) is 0 Å². The van der Waals surface area contributed by atoms with E-state index >= 15 is 0 Å². The minimum absolute atomic E-state index is 0.0467. The Morgan fingerprint density at radius 3 is 2.37 bits per heavy atom. The second-order valence-corrected chi connectivity index (χ2v) is 7.37. The zero-order chi connectivity index (χ0) is 18.8. The predicted octanol–water partition coefficient (Wildman–Crippen LogP) is 2.12. The first-order chi connectivity index (χ1) is 13.1. The van der Waals surface area contributed by atoms with E-state index < -0.39 is 0 Å². The molecule has 2 aromatic rings. The van der Waals surface area contributed by atoms with Gasteiger partial charge in [0.2, 0.25) is 11.8 Å². The molecule has 0 unspecified atom stereocenters. The standard InChI is InChI=1S/C22H24N2O3/c1-27-20-8-6-15(7-9-20)10-21(25)23-18-13-22(26)24(14-18)19-11-16-4-2-3-5-17(16)12-19/h2-9,18-19H,10-14H2,1H3,(H,23,25)/t18-/m1/s1. The molecule has 1 saturated heterocycles. The molecule has 140 valence electrons. The number of ether oxygens (including phenoxy) is 1. The first kappa shape index (κ1) is 17.6. The van der Waals surface area contributed by atoms with Gasteiger partial charge < -0.3 is 15.0 Å². The van der Waals surface area contributed by atoms with Gasteiger partial charge in [-0.2, -0.15) is 0 Å². The highest BCUT2D eigenvalue weighted by Crippen LogP contribution is 2.28. The topological polar surface area (TPSA) is 58.6 Å². The number of hydrogen-bond donors (Lipinski definition) is 1. The van der Waals surface area contributed by atoms with Gasteiger partial charge in [0.15, 0.2) is 0 Å². The summed E-state index contributed by atoms with van der Waals surface area (Å²) in [6, 6.07) is 16.0. The normalized spacial score (nSPS) is 19.2. The highest BCUT2D eigenvalue weighted by Gasteiger charge is 2.37. The highest BCUT2D eigenvalue weighted by atomic mass is 16.5. The summed E-state index contributed by atoms with van der Waals surface area (Å²) >= 11 is 0. The summed E-state index contributed by atoms with van der Waals surface area (Å²) in [5, 5.41) is 3.03. The van der Waals surface area contributed by atoms with Crippen LogP contribution in [0.3, 0.4) is 0 Å². The summed E-state index contributed by atoms with van der Waals surface area (Å²) in [5.74, 6) is 0.867. The van der Waals surface area contributed by atoms with E-state index in [2.05, 4.69) is 29.6 Å². The summed E-state index contributed by atoms with van der Waals surface area (Å²) in [6.07, 6.45) is 2.52. The molecule has 0 saturated carbocycles. The number of carbonyl (C=O) groups is 2. The van der Waals surface area contributed by atoms with E-state index in [9.17, 15) is 9.59 Å². The van der Waals surface area contributed by atoms with Gasteiger partial charge >= 0.3 is 0 Å². The molecule has 1 aliphatic carbocycles. The molecule has 27 heavy (non-hydrogen) atoms. The van der Waals surface area contributed by atoms with Crippen molar-refractivity contribution in [1.82, 2.24) is 10.2 Å². The lowest BCUT2D eigenvalue weighted by molar-refractivity contribution is -0.129. The summed E-state index contributed by atoms with van der Waals surface area (Å²) in [5.41, 5.74) is 3.60. The zero-order valence-electron chi connectivity index (χ0n) is 15.5. The first-order valence-corrected chi connectivity index (χ1v) is 9.41. The number of carbonyl (C=O) groups excluding carboxylic acids is 2. The fourth-order valence-corrected chi connectivity index (χ4v) is 4.14. The molecule has 2 amide bonds. The number of nitrogens with one attached hydrogen (secondary N) is 1. The van der Waals surface area contributed by atoms with Crippen molar-refractivity contribution >= 4 is 11.8 Å². The second-order valence-electron chi connectivity index (χ2n) is 7.37. The molecular formula is C22H24N2O3. The minimum Gasteiger partial charge on any atom is -0.497 e. The Balaban J connectivity index is 1.32. The van der Waals surface area contributed by atoms with Crippen LogP contribution >= 0.6 is 0 Å². The average molecular weight is 364 g/mol. The number of rotatable bonds is 5. The molecule has 1 fully saturated rings. The summed E-state index contributed by atoms with van der Waals surface area (Å²) in [4.78, 5) is 26.8. The number of nitrogens with zero attached hydrogens (tertiary/aromatic N) is 1. The fourth-order valence-electron chi connectivity index (χ4n) is 4.14. The van der Waals surface area contributed by atoms with Crippen molar-refractivity contribution in [3.8, 4) is 5.75 Å². The average Bonchev–Trinajstić information content (AvgIpc) is 3.25. The van der Waals surface area contributed by atoms with Gasteiger partial charge in [-0.05, 0) is 41.7 Å². The number of likely N-dealkylation sites (tertiary alicyclic amines) is 1. The Labute approximate surface area is 159 Å². The predicted molar refractivity (Wildman–Crippen MR) is 103 cm³/mol. The molecule has 0 aromatic heterocycles. The molecule has 4 rings (SSSR count). The van der Waals surface area contributed by atoms with Crippen molar-refractivity contribution < 1.29 is 14.3 Å². The minimum atomic E-state index is -0.105. The van der Waals surface area contributed by atoms with Crippen LogP contribution in [0.1, 0.15) is 23.1 Å². The van der Waals surface area contributed by atoms with Gasteiger partial charge in [-0.3, -0.25) is 9.59 Å². The quantitative estimate of drug-likeness (QED) is 0.884. The van der Waals surface area contributed by atoms with Crippen LogP contribution in [0.4, 0.5) is 0 Å². The number of fused-ring (bicyclic) bond motifs is 1. The van der Waals surface area contributed by atoms with Crippen molar-refractivity contribution in [3.63, 3.8) is 0 Å². The number of methoxy groups -OCH3 is 1. The van der Waals surface area contributed by atoms with Gasteiger partial charge in [-0.1, -0.05) is 36.4 Å². The molecule has 1 atom stereocenters. The van der Waals surface area contributed by atoms with Crippen LogP contribution in [0, 0.1) is 0 Å². The molecule has 1 aliphatic heterocycles. The zero-order valence-corrected chi connectivity index (χ0v) is 15.5. The van der Waals surface area contributed by atoms with E-state index in [-0.39, 0.29) is 23.9 Å². The fraction of sp³-hybridized carbons (Fsp3) is 0.364. The summed E-state index contributed by atoms with van der Waals surface area (Å²) in [7, 11) is 1.62. The molecule has 0 spiro atoms. The van der Waals surface area contributed by atoms with E-state index in [1.54, 1.807) is 7.11 Å². The van der Waals surface area contributed by atoms with Crippen molar-refractivity contribution in [3.05, 3.63) is 65.2 Å².